The normalized spacial score (nSPS) is 12.4. The average molecular weight is 218 g/mol. The quantitative estimate of drug-likeness (QED) is 0.561. The first-order valence-electron chi connectivity index (χ1n) is 6.04. The molecule has 1 heterocycles. The van der Waals surface area contributed by atoms with E-state index in [0.29, 0.717) is 0 Å². The van der Waals surface area contributed by atoms with E-state index < -0.39 is 0 Å². The molecular formula is C14H22N2. The molecule has 0 aromatic carbocycles. The van der Waals surface area contributed by atoms with Crippen molar-refractivity contribution in [3.05, 3.63) is 42.2 Å². The zero-order chi connectivity index (χ0) is 11.8. The molecule has 0 fully saturated rings. The van der Waals surface area contributed by atoms with Crippen LogP contribution in [0.2, 0.25) is 0 Å². The number of pyridine rings is 1. The average Bonchev–Trinajstić information content (AvgIpc) is 2.28. The summed E-state index contributed by atoms with van der Waals surface area (Å²) in [5, 5.41) is 0. The maximum atomic E-state index is 6.10. The number of aryl methyl sites for hydroxylation is 1. The fraction of sp³-hybridized carbons (Fsp3) is 0.500. The summed E-state index contributed by atoms with van der Waals surface area (Å²) >= 11 is 0. The number of aromatic nitrogens is 1. The molecule has 1 rings (SSSR count). The number of nitrogens with zero attached hydrogens (tertiary/aromatic N) is 1. The molecule has 88 valence electrons. The van der Waals surface area contributed by atoms with Crippen molar-refractivity contribution in [2.75, 3.05) is 0 Å². The number of hydrogen-bond acceptors (Lipinski definition) is 2. The molecule has 0 spiro atoms. The summed E-state index contributed by atoms with van der Waals surface area (Å²) in [5.74, 6) is 0. The number of unbranched alkanes of at least 4 members (excludes halogenated alkanes) is 3. The molecule has 0 amide bonds. The number of rotatable bonds is 7. The third-order valence-corrected chi connectivity index (χ3v) is 2.71. The maximum absolute atomic E-state index is 6.10. The Hall–Kier alpha value is -1.15. The summed E-state index contributed by atoms with van der Waals surface area (Å²) in [7, 11) is 0. The van der Waals surface area contributed by atoms with Crippen LogP contribution in [0.5, 0.6) is 0 Å². The maximum Gasteiger partial charge on any atom is 0.0574 e. The molecule has 0 saturated heterocycles. The van der Waals surface area contributed by atoms with Gasteiger partial charge in [-0.1, -0.05) is 25.0 Å². The molecule has 0 bridgehead atoms. The SMILES string of the molecule is C=CCCCCCC(N)c1cccc(C)n1. The second-order valence-electron chi connectivity index (χ2n) is 4.24. The highest BCUT2D eigenvalue weighted by molar-refractivity contribution is 5.12. The van der Waals surface area contributed by atoms with Gasteiger partial charge >= 0.3 is 0 Å². The Morgan fingerprint density at radius 3 is 2.88 bits per heavy atom. The highest BCUT2D eigenvalue weighted by atomic mass is 14.8. The molecule has 0 aliphatic carbocycles. The Bertz CT molecular complexity index is 320. The molecule has 1 aromatic rings. The van der Waals surface area contributed by atoms with Crippen molar-refractivity contribution in [1.82, 2.24) is 4.98 Å². The molecule has 16 heavy (non-hydrogen) atoms. The first-order valence-corrected chi connectivity index (χ1v) is 6.04. The van der Waals surface area contributed by atoms with E-state index in [1.54, 1.807) is 0 Å². The summed E-state index contributed by atoms with van der Waals surface area (Å²) in [4.78, 5) is 4.45. The van der Waals surface area contributed by atoms with Crippen molar-refractivity contribution in [2.45, 2.75) is 45.1 Å². The topological polar surface area (TPSA) is 38.9 Å². The molecule has 0 aliphatic heterocycles. The minimum Gasteiger partial charge on any atom is -0.323 e. The van der Waals surface area contributed by atoms with Gasteiger partial charge in [0, 0.05) is 11.7 Å². The molecule has 0 saturated carbocycles. The minimum absolute atomic E-state index is 0.0867. The van der Waals surface area contributed by atoms with Gasteiger partial charge in [0.2, 0.25) is 0 Å². The first-order chi connectivity index (χ1) is 7.74. The monoisotopic (exact) mass is 218 g/mol. The zero-order valence-electron chi connectivity index (χ0n) is 10.2. The molecule has 0 aliphatic rings. The standard InChI is InChI=1S/C14H22N2/c1-3-4-5-6-7-10-13(15)14-11-8-9-12(2)16-14/h3,8-9,11,13H,1,4-7,10,15H2,2H3. The smallest absolute Gasteiger partial charge is 0.0574 e. The van der Waals surface area contributed by atoms with E-state index >= 15 is 0 Å². The van der Waals surface area contributed by atoms with Gasteiger partial charge in [-0.3, -0.25) is 4.98 Å². The summed E-state index contributed by atoms with van der Waals surface area (Å²) < 4.78 is 0. The zero-order valence-corrected chi connectivity index (χ0v) is 10.2. The van der Waals surface area contributed by atoms with Gasteiger partial charge in [-0.25, -0.2) is 0 Å². The fourth-order valence-electron chi connectivity index (χ4n) is 1.75. The molecule has 0 radical (unpaired) electrons. The van der Waals surface area contributed by atoms with E-state index in [1.807, 2.05) is 31.2 Å². The lowest BCUT2D eigenvalue weighted by molar-refractivity contribution is 0.562. The third kappa shape index (κ3) is 4.58. The number of nitrogens with two attached hydrogens (primary N) is 1. The lowest BCUT2D eigenvalue weighted by Crippen LogP contribution is -2.12. The van der Waals surface area contributed by atoms with E-state index in [4.69, 9.17) is 5.73 Å². The Balaban J connectivity index is 2.29. The number of hydrogen-bond donors (Lipinski definition) is 1. The summed E-state index contributed by atoms with van der Waals surface area (Å²) in [6.07, 6.45) is 7.72. The molecular weight excluding hydrogens is 196 g/mol. The Morgan fingerprint density at radius 1 is 1.38 bits per heavy atom. The lowest BCUT2D eigenvalue weighted by Gasteiger charge is -2.11. The van der Waals surface area contributed by atoms with Crippen LogP contribution in [-0.4, -0.2) is 4.98 Å². The van der Waals surface area contributed by atoms with Crippen molar-refractivity contribution in [3.8, 4) is 0 Å². The molecule has 1 atom stereocenters. The third-order valence-electron chi connectivity index (χ3n) is 2.71. The van der Waals surface area contributed by atoms with Crippen molar-refractivity contribution in [2.24, 2.45) is 5.73 Å². The van der Waals surface area contributed by atoms with Gasteiger partial charge in [0.05, 0.1) is 5.69 Å². The highest BCUT2D eigenvalue weighted by Crippen LogP contribution is 2.16. The van der Waals surface area contributed by atoms with Gasteiger partial charge < -0.3 is 5.73 Å². The minimum atomic E-state index is 0.0867. The van der Waals surface area contributed by atoms with Crippen molar-refractivity contribution < 1.29 is 0 Å². The van der Waals surface area contributed by atoms with Crippen molar-refractivity contribution in [1.29, 1.82) is 0 Å². The van der Waals surface area contributed by atoms with Crippen LogP contribution in [0.3, 0.4) is 0 Å². The van der Waals surface area contributed by atoms with Crippen LogP contribution in [-0.2, 0) is 0 Å². The van der Waals surface area contributed by atoms with Crippen molar-refractivity contribution >= 4 is 0 Å². The molecule has 2 nitrogen and oxygen atoms in total. The van der Waals surface area contributed by atoms with Crippen LogP contribution in [0, 0.1) is 6.92 Å². The predicted molar refractivity (Wildman–Crippen MR) is 69.2 cm³/mol. The van der Waals surface area contributed by atoms with Crippen LogP contribution in [0.15, 0.2) is 30.9 Å². The van der Waals surface area contributed by atoms with Crippen LogP contribution < -0.4 is 5.73 Å². The Kier molecular flexibility index (Phi) is 5.79. The Morgan fingerprint density at radius 2 is 2.19 bits per heavy atom. The summed E-state index contributed by atoms with van der Waals surface area (Å²) in [6, 6.07) is 6.13. The van der Waals surface area contributed by atoms with Gasteiger partial charge in [0.15, 0.2) is 0 Å². The van der Waals surface area contributed by atoms with Gasteiger partial charge in [-0.15, -0.1) is 6.58 Å². The van der Waals surface area contributed by atoms with E-state index in [2.05, 4.69) is 11.6 Å². The summed E-state index contributed by atoms with van der Waals surface area (Å²) in [6.45, 7) is 5.72. The molecule has 2 N–H and O–H groups in total. The molecule has 1 unspecified atom stereocenters. The van der Waals surface area contributed by atoms with Gasteiger partial charge in [-0.05, 0) is 38.3 Å². The Labute approximate surface area is 98.6 Å². The van der Waals surface area contributed by atoms with Gasteiger partial charge in [0.25, 0.3) is 0 Å². The lowest BCUT2D eigenvalue weighted by atomic mass is 10.0. The molecule has 2 heteroatoms. The van der Waals surface area contributed by atoms with Crippen LogP contribution in [0.25, 0.3) is 0 Å². The van der Waals surface area contributed by atoms with E-state index in [-0.39, 0.29) is 6.04 Å². The van der Waals surface area contributed by atoms with E-state index in [1.165, 1.54) is 19.3 Å². The first kappa shape index (κ1) is 12.9. The van der Waals surface area contributed by atoms with Crippen LogP contribution in [0.1, 0.15) is 49.5 Å². The second-order valence-corrected chi connectivity index (χ2v) is 4.24. The molecule has 1 aromatic heterocycles. The van der Waals surface area contributed by atoms with Crippen LogP contribution in [0.4, 0.5) is 0 Å². The largest absolute Gasteiger partial charge is 0.323 e. The van der Waals surface area contributed by atoms with Gasteiger partial charge in [0.1, 0.15) is 0 Å². The van der Waals surface area contributed by atoms with Crippen molar-refractivity contribution in [3.63, 3.8) is 0 Å². The predicted octanol–water partition coefficient (Wildman–Crippen LogP) is 3.53. The number of allylic oxidation sites excluding steroid dienone is 1. The van der Waals surface area contributed by atoms with Crippen LogP contribution >= 0.6 is 0 Å². The van der Waals surface area contributed by atoms with Gasteiger partial charge in [-0.2, -0.15) is 0 Å². The van der Waals surface area contributed by atoms with E-state index in [0.717, 1.165) is 24.2 Å². The summed E-state index contributed by atoms with van der Waals surface area (Å²) in [5.41, 5.74) is 8.15. The second kappa shape index (κ2) is 7.18. The van der Waals surface area contributed by atoms with E-state index in [9.17, 15) is 0 Å². The fourth-order valence-corrected chi connectivity index (χ4v) is 1.75. The highest BCUT2D eigenvalue weighted by Gasteiger charge is 2.06.